The predicted molar refractivity (Wildman–Crippen MR) is 71.8 cm³/mol. The molecule has 0 radical (unpaired) electrons. The molecule has 0 aliphatic rings. The van der Waals surface area contributed by atoms with Crippen LogP contribution in [-0.2, 0) is 4.74 Å². The van der Waals surface area contributed by atoms with Crippen LogP contribution in [-0.4, -0.2) is 25.3 Å². The third-order valence-corrected chi connectivity index (χ3v) is 3.23. The third-order valence-electron chi connectivity index (χ3n) is 3.23. The summed E-state index contributed by atoms with van der Waals surface area (Å²) in [4.78, 5) is 0. The van der Waals surface area contributed by atoms with Gasteiger partial charge in [0.2, 0.25) is 0 Å². The van der Waals surface area contributed by atoms with E-state index in [1.807, 2.05) is 0 Å². The van der Waals surface area contributed by atoms with Crippen molar-refractivity contribution >= 4 is 0 Å². The first kappa shape index (κ1) is 15.9. The Labute approximate surface area is 102 Å². The Morgan fingerprint density at radius 3 is 2.06 bits per heavy atom. The van der Waals surface area contributed by atoms with E-state index in [-0.39, 0.29) is 0 Å². The van der Waals surface area contributed by atoms with E-state index >= 15 is 0 Å². The van der Waals surface area contributed by atoms with Crippen molar-refractivity contribution in [3.8, 4) is 0 Å². The van der Waals surface area contributed by atoms with Crippen molar-refractivity contribution < 1.29 is 4.74 Å². The molecule has 0 aliphatic carbocycles. The fourth-order valence-electron chi connectivity index (χ4n) is 2.16. The second kappa shape index (κ2) is 9.00. The SMILES string of the molecule is CCNC(CC(C)CC)C(OCC)C(C)C. The minimum absolute atomic E-state index is 0.346. The molecular weight excluding hydrogens is 198 g/mol. The topological polar surface area (TPSA) is 21.3 Å². The maximum Gasteiger partial charge on any atom is 0.0750 e. The molecule has 0 saturated heterocycles. The molecule has 0 amide bonds. The van der Waals surface area contributed by atoms with E-state index in [0.717, 1.165) is 19.1 Å². The van der Waals surface area contributed by atoms with Crippen LogP contribution in [0.1, 0.15) is 54.4 Å². The third kappa shape index (κ3) is 5.86. The van der Waals surface area contributed by atoms with Crippen LogP contribution in [0.15, 0.2) is 0 Å². The number of nitrogens with one attached hydrogen (secondary N) is 1. The van der Waals surface area contributed by atoms with Gasteiger partial charge in [-0.15, -0.1) is 0 Å². The van der Waals surface area contributed by atoms with Crippen LogP contribution >= 0.6 is 0 Å². The monoisotopic (exact) mass is 229 g/mol. The lowest BCUT2D eigenvalue weighted by Crippen LogP contribution is -2.45. The van der Waals surface area contributed by atoms with Gasteiger partial charge in [0, 0.05) is 12.6 Å². The second-order valence-corrected chi connectivity index (χ2v) is 5.08. The van der Waals surface area contributed by atoms with Crippen molar-refractivity contribution in [1.82, 2.24) is 5.32 Å². The molecule has 0 spiro atoms. The first-order chi connectivity index (χ1) is 7.56. The van der Waals surface area contributed by atoms with Crippen LogP contribution < -0.4 is 5.32 Å². The van der Waals surface area contributed by atoms with Crippen LogP contribution in [0.2, 0.25) is 0 Å². The molecule has 0 fully saturated rings. The van der Waals surface area contributed by atoms with Gasteiger partial charge in [0.25, 0.3) is 0 Å². The molecule has 2 heteroatoms. The largest absolute Gasteiger partial charge is 0.377 e. The van der Waals surface area contributed by atoms with E-state index < -0.39 is 0 Å². The Kier molecular flexibility index (Phi) is 8.96. The molecule has 0 aromatic rings. The lowest BCUT2D eigenvalue weighted by atomic mass is 9.90. The molecule has 0 aromatic carbocycles. The number of hydrogen-bond acceptors (Lipinski definition) is 2. The van der Waals surface area contributed by atoms with Gasteiger partial charge in [0.05, 0.1) is 6.10 Å². The highest BCUT2D eigenvalue weighted by Gasteiger charge is 2.25. The lowest BCUT2D eigenvalue weighted by Gasteiger charge is -2.32. The summed E-state index contributed by atoms with van der Waals surface area (Å²) in [6.45, 7) is 15.2. The minimum Gasteiger partial charge on any atom is -0.377 e. The summed E-state index contributed by atoms with van der Waals surface area (Å²) in [5.41, 5.74) is 0. The summed E-state index contributed by atoms with van der Waals surface area (Å²) in [5.74, 6) is 1.35. The molecule has 0 saturated carbocycles. The molecular formula is C14H31NO. The fraction of sp³-hybridized carbons (Fsp3) is 1.00. The van der Waals surface area contributed by atoms with E-state index in [1.54, 1.807) is 0 Å². The molecule has 3 atom stereocenters. The summed E-state index contributed by atoms with van der Waals surface area (Å²) in [5, 5.41) is 3.59. The molecule has 1 N–H and O–H groups in total. The Balaban J connectivity index is 4.43. The van der Waals surface area contributed by atoms with Gasteiger partial charge in [-0.3, -0.25) is 0 Å². The van der Waals surface area contributed by atoms with Crippen LogP contribution in [0.5, 0.6) is 0 Å². The van der Waals surface area contributed by atoms with E-state index in [4.69, 9.17) is 4.74 Å². The van der Waals surface area contributed by atoms with E-state index in [0.29, 0.717) is 18.1 Å². The quantitative estimate of drug-likeness (QED) is 0.654. The van der Waals surface area contributed by atoms with Gasteiger partial charge >= 0.3 is 0 Å². The van der Waals surface area contributed by atoms with Crippen molar-refractivity contribution in [2.24, 2.45) is 11.8 Å². The molecule has 0 bridgehead atoms. The summed E-state index contributed by atoms with van der Waals surface area (Å²) in [7, 11) is 0. The zero-order chi connectivity index (χ0) is 12.6. The fourth-order valence-corrected chi connectivity index (χ4v) is 2.16. The number of likely N-dealkylation sites (N-methyl/N-ethyl adjacent to an activating group) is 1. The van der Waals surface area contributed by atoms with Crippen LogP contribution in [0, 0.1) is 11.8 Å². The molecule has 16 heavy (non-hydrogen) atoms. The van der Waals surface area contributed by atoms with Crippen molar-refractivity contribution in [1.29, 1.82) is 0 Å². The molecule has 3 unspecified atom stereocenters. The van der Waals surface area contributed by atoms with E-state index in [2.05, 4.69) is 46.9 Å². The molecule has 0 rings (SSSR count). The summed E-state index contributed by atoms with van der Waals surface area (Å²) < 4.78 is 5.90. The highest BCUT2D eigenvalue weighted by Crippen LogP contribution is 2.19. The molecule has 0 aromatic heterocycles. The highest BCUT2D eigenvalue weighted by molar-refractivity contribution is 4.80. The standard InChI is InChI=1S/C14H31NO/c1-7-12(6)10-13(15-8-2)14(11(4)5)16-9-3/h11-15H,7-10H2,1-6H3. The van der Waals surface area contributed by atoms with Gasteiger partial charge in [0.15, 0.2) is 0 Å². The number of rotatable bonds is 9. The predicted octanol–water partition coefficient (Wildman–Crippen LogP) is 3.46. The van der Waals surface area contributed by atoms with Crippen LogP contribution in [0.3, 0.4) is 0 Å². The average Bonchev–Trinajstić information content (AvgIpc) is 2.24. The molecule has 98 valence electrons. The Morgan fingerprint density at radius 1 is 1.06 bits per heavy atom. The highest BCUT2D eigenvalue weighted by atomic mass is 16.5. The zero-order valence-electron chi connectivity index (χ0n) is 12.0. The van der Waals surface area contributed by atoms with Crippen molar-refractivity contribution in [2.75, 3.05) is 13.2 Å². The maximum absolute atomic E-state index is 5.90. The summed E-state index contributed by atoms with van der Waals surface area (Å²) in [6.07, 6.45) is 2.81. The van der Waals surface area contributed by atoms with Gasteiger partial charge in [-0.05, 0) is 31.7 Å². The second-order valence-electron chi connectivity index (χ2n) is 5.08. The normalized spacial score (nSPS) is 17.4. The summed E-state index contributed by atoms with van der Waals surface area (Å²) >= 11 is 0. The van der Waals surface area contributed by atoms with E-state index in [1.165, 1.54) is 12.8 Å². The first-order valence-corrected chi connectivity index (χ1v) is 6.91. The van der Waals surface area contributed by atoms with Gasteiger partial charge in [-0.1, -0.05) is 41.0 Å². The summed E-state index contributed by atoms with van der Waals surface area (Å²) in [6, 6.07) is 0.500. The zero-order valence-corrected chi connectivity index (χ0v) is 12.0. The van der Waals surface area contributed by atoms with E-state index in [9.17, 15) is 0 Å². The van der Waals surface area contributed by atoms with Gasteiger partial charge < -0.3 is 10.1 Å². The van der Waals surface area contributed by atoms with Crippen LogP contribution in [0.4, 0.5) is 0 Å². The average molecular weight is 229 g/mol. The Bertz CT molecular complexity index is 159. The number of hydrogen-bond donors (Lipinski definition) is 1. The van der Waals surface area contributed by atoms with Crippen LogP contribution in [0.25, 0.3) is 0 Å². The van der Waals surface area contributed by atoms with Gasteiger partial charge in [-0.2, -0.15) is 0 Å². The number of ether oxygens (including phenoxy) is 1. The van der Waals surface area contributed by atoms with Crippen molar-refractivity contribution in [3.05, 3.63) is 0 Å². The van der Waals surface area contributed by atoms with Gasteiger partial charge in [0.1, 0.15) is 0 Å². The smallest absolute Gasteiger partial charge is 0.0750 e. The molecule has 0 heterocycles. The molecule has 0 aliphatic heterocycles. The Morgan fingerprint density at radius 2 is 1.69 bits per heavy atom. The minimum atomic E-state index is 0.346. The van der Waals surface area contributed by atoms with Gasteiger partial charge in [-0.25, -0.2) is 0 Å². The Hall–Kier alpha value is -0.0800. The van der Waals surface area contributed by atoms with Crippen molar-refractivity contribution in [3.63, 3.8) is 0 Å². The van der Waals surface area contributed by atoms with Crippen molar-refractivity contribution in [2.45, 2.75) is 66.5 Å². The maximum atomic E-state index is 5.90. The lowest BCUT2D eigenvalue weighted by molar-refractivity contribution is -0.00159. The first-order valence-electron chi connectivity index (χ1n) is 6.91. The molecule has 2 nitrogen and oxygen atoms in total.